The van der Waals surface area contributed by atoms with Gasteiger partial charge in [0.1, 0.15) is 0 Å². The van der Waals surface area contributed by atoms with Crippen molar-refractivity contribution in [2.75, 3.05) is 5.43 Å². The minimum Gasteiger partial charge on any atom is -0.278 e. The number of benzene rings is 3. The second kappa shape index (κ2) is 7.76. The number of anilines is 1. The van der Waals surface area contributed by atoms with Gasteiger partial charge in [-0.25, -0.2) is 0 Å². The molecule has 3 aromatic carbocycles. The molecule has 0 atom stereocenters. The minimum absolute atomic E-state index is 0.139. The Balaban J connectivity index is 1.91. The van der Waals surface area contributed by atoms with E-state index in [2.05, 4.69) is 67.7 Å². The van der Waals surface area contributed by atoms with Crippen LogP contribution in [0, 0.1) is 0 Å². The molecule has 1 N–H and O–H groups in total. The molecular weight excluding hydrogens is 340 g/mol. The van der Waals surface area contributed by atoms with Crippen molar-refractivity contribution in [3.05, 3.63) is 101 Å². The maximum absolute atomic E-state index is 6.03. The molecule has 26 heavy (non-hydrogen) atoms. The smallest absolute Gasteiger partial charge is 0.0977 e. The average molecular weight is 363 g/mol. The van der Waals surface area contributed by atoms with E-state index in [0.29, 0.717) is 5.02 Å². The van der Waals surface area contributed by atoms with Crippen LogP contribution in [0.3, 0.4) is 0 Å². The molecule has 0 aliphatic rings. The van der Waals surface area contributed by atoms with Crippen molar-refractivity contribution in [1.29, 1.82) is 0 Å². The van der Waals surface area contributed by atoms with Crippen molar-refractivity contribution in [1.82, 2.24) is 0 Å². The Morgan fingerprint density at radius 1 is 0.769 bits per heavy atom. The van der Waals surface area contributed by atoms with Gasteiger partial charge in [0.05, 0.1) is 11.4 Å². The number of hydrogen-bond acceptors (Lipinski definition) is 2. The Morgan fingerprint density at radius 3 is 1.92 bits per heavy atom. The Bertz CT molecular complexity index is 874. The molecule has 0 radical (unpaired) electrons. The summed E-state index contributed by atoms with van der Waals surface area (Å²) in [5.41, 5.74) is 8.53. The summed E-state index contributed by atoms with van der Waals surface area (Å²) in [7, 11) is 0. The van der Waals surface area contributed by atoms with Crippen LogP contribution in [0.2, 0.25) is 5.02 Å². The number of rotatable bonds is 4. The molecule has 0 bridgehead atoms. The van der Waals surface area contributed by atoms with Crippen LogP contribution in [0.4, 0.5) is 5.69 Å². The zero-order chi connectivity index (χ0) is 18.6. The molecule has 2 nitrogen and oxygen atoms in total. The number of hydrogen-bond donors (Lipinski definition) is 1. The first kappa shape index (κ1) is 18.2. The SMILES string of the molecule is CC(C)(C)c1ccc(N/N=C(\c2ccccc2)c2ccc(Cl)cc2)cc1. The average Bonchev–Trinajstić information content (AvgIpc) is 2.64. The van der Waals surface area contributed by atoms with E-state index in [1.165, 1.54) is 5.56 Å². The molecule has 0 spiro atoms. The summed E-state index contributed by atoms with van der Waals surface area (Å²) in [5, 5.41) is 5.39. The van der Waals surface area contributed by atoms with Gasteiger partial charge in [-0.1, -0.05) is 87.0 Å². The molecule has 0 aromatic heterocycles. The Morgan fingerprint density at radius 2 is 1.35 bits per heavy atom. The van der Waals surface area contributed by atoms with Crippen LogP contribution in [0.1, 0.15) is 37.5 Å². The summed E-state index contributed by atoms with van der Waals surface area (Å²) in [6.45, 7) is 6.63. The van der Waals surface area contributed by atoms with Gasteiger partial charge in [0.25, 0.3) is 0 Å². The second-order valence-corrected chi connectivity index (χ2v) is 7.71. The summed E-state index contributed by atoms with van der Waals surface area (Å²) in [4.78, 5) is 0. The van der Waals surface area contributed by atoms with Gasteiger partial charge >= 0.3 is 0 Å². The van der Waals surface area contributed by atoms with E-state index in [0.717, 1.165) is 22.5 Å². The zero-order valence-electron chi connectivity index (χ0n) is 15.3. The fourth-order valence-corrected chi connectivity index (χ4v) is 2.79. The highest BCUT2D eigenvalue weighted by Gasteiger charge is 2.13. The maximum Gasteiger partial charge on any atom is 0.0977 e. The summed E-state index contributed by atoms with van der Waals surface area (Å²) in [6, 6.07) is 26.3. The quantitative estimate of drug-likeness (QED) is 0.415. The van der Waals surface area contributed by atoms with E-state index >= 15 is 0 Å². The highest BCUT2D eigenvalue weighted by molar-refractivity contribution is 6.30. The van der Waals surface area contributed by atoms with E-state index in [1.54, 1.807) is 0 Å². The lowest BCUT2D eigenvalue weighted by Crippen LogP contribution is -2.10. The van der Waals surface area contributed by atoms with E-state index in [-0.39, 0.29) is 5.41 Å². The molecule has 0 amide bonds. The monoisotopic (exact) mass is 362 g/mol. The van der Waals surface area contributed by atoms with Crippen molar-refractivity contribution >= 4 is 23.0 Å². The van der Waals surface area contributed by atoms with Gasteiger partial charge in [0.15, 0.2) is 0 Å². The molecule has 3 aromatic rings. The highest BCUT2D eigenvalue weighted by Crippen LogP contribution is 2.23. The Hall–Kier alpha value is -2.58. The maximum atomic E-state index is 6.03. The molecule has 0 fully saturated rings. The standard InChI is InChI=1S/C23H23ClN2/c1-23(2,3)19-11-15-21(16-12-19)25-26-22(17-7-5-4-6-8-17)18-9-13-20(24)14-10-18/h4-16,25H,1-3H3/b26-22+. The van der Waals surface area contributed by atoms with E-state index < -0.39 is 0 Å². The third-order valence-electron chi connectivity index (χ3n) is 4.21. The first-order valence-electron chi connectivity index (χ1n) is 8.69. The lowest BCUT2D eigenvalue weighted by molar-refractivity contribution is 0.590. The van der Waals surface area contributed by atoms with Crippen LogP contribution in [0.15, 0.2) is 84.0 Å². The van der Waals surface area contributed by atoms with Gasteiger partial charge in [-0.2, -0.15) is 5.10 Å². The van der Waals surface area contributed by atoms with Crippen molar-refractivity contribution in [3.8, 4) is 0 Å². The number of hydrazone groups is 1. The fraction of sp³-hybridized carbons (Fsp3) is 0.174. The molecule has 0 saturated heterocycles. The Kier molecular flexibility index (Phi) is 5.43. The van der Waals surface area contributed by atoms with Gasteiger partial charge < -0.3 is 0 Å². The van der Waals surface area contributed by atoms with E-state index in [4.69, 9.17) is 11.6 Å². The van der Waals surface area contributed by atoms with E-state index in [9.17, 15) is 0 Å². The molecule has 0 aliphatic heterocycles. The summed E-state index contributed by atoms with van der Waals surface area (Å²) in [6.07, 6.45) is 0. The van der Waals surface area contributed by atoms with Gasteiger partial charge in [-0.3, -0.25) is 5.43 Å². The molecule has 132 valence electrons. The topological polar surface area (TPSA) is 24.4 Å². The largest absolute Gasteiger partial charge is 0.278 e. The van der Waals surface area contributed by atoms with E-state index in [1.807, 2.05) is 42.5 Å². The van der Waals surface area contributed by atoms with Crippen LogP contribution in [0.5, 0.6) is 0 Å². The molecule has 0 saturated carbocycles. The van der Waals surface area contributed by atoms with Gasteiger partial charge in [0.2, 0.25) is 0 Å². The lowest BCUT2D eigenvalue weighted by atomic mass is 9.87. The van der Waals surface area contributed by atoms with Crippen molar-refractivity contribution in [3.63, 3.8) is 0 Å². The third-order valence-corrected chi connectivity index (χ3v) is 4.46. The van der Waals surface area contributed by atoms with Crippen LogP contribution < -0.4 is 5.43 Å². The number of nitrogens with zero attached hydrogens (tertiary/aromatic N) is 1. The number of halogens is 1. The van der Waals surface area contributed by atoms with Crippen molar-refractivity contribution in [2.45, 2.75) is 26.2 Å². The first-order valence-corrected chi connectivity index (χ1v) is 9.07. The van der Waals surface area contributed by atoms with Crippen LogP contribution >= 0.6 is 11.6 Å². The third kappa shape index (κ3) is 4.53. The summed E-state index contributed by atoms with van der Waals surface area (Å²) in [5.74, 6) is 0. The van der Waals surface area contributed by atoms with Gasteiger partial charge in [-0.05, 0) is 35.2 Å². The summed E-state index contributed by atoms with van der Waals surface area (Å²) < 4.78 is 0. The van der Waals surface area contributed by atoms with Gasteiger partial charge in [0, 0.05) is 16.1 Å². The molecular formula is C23H23ClN2. The first-order chi connectivity index (χ1) is 12.4. The van der Waals surface area contributed by atoms with Crippen LogP contribution in [-0.4, -0.2) is 5.71 Å². The predicted molar refractivity (Wildman–Crippen MR) is 112 cm³/mol. The van der Waals surface area contributed by atoms with Crippen molar-refractivity contribution < 1.29 is 0 Å². The van der Waals surface area contributed by atoms with Crippen LogP contribution in [-0.2, 0) is 5.41 Å². The lowest BCUT2D eigenvalue weighted by Gasteiger charge is -2.19. The van der Waals surface area contributed by atoms with Crippen molar-refractivity contribution in [2.24, 2.45) is 5.10 Å². The molecule has 0 heterocycles. The molecule has 3 heteroatoms. The zero-order valence-corrected chi connectivity index (χ0v) is 16.1. The van der Waals surface area contributed by atoms with Crippen LogP contribution in [0.25, 0.3) is 0 Å². The molecule has 0 unspecified atom stereocenters. The normalized spacial score (nSPS) is 12.1. The predicted octanol–water partition coefficient (Wildman–Crippen LogP) is 6.50. The minimum atomic E-state index is 0.139. The fourth-order valence-electron chi connectivity index (χ4n) is 2.66. The highest BCUT2D eigenvalue weighted by atomic mass is 35.5. The molecule has 3 rings (SSSR count). The second-order valence-electron chi connectivity index (χ2n) is 7.27. The molecule has 0 aliphatic carbocycles. The number of nitrogens with one attached hydrogen (secondary N) is 1. The Labute approximate surface area is 160 Å². The summed E-state index contributed by atoms with van der Waals surface area (Å²) >= 11 is 6.03. The van der Waals surface area contributed by atoms with Gasteiger partial charge in [-0.15, -0.1) is 0 Å².